The lowest BCUT2D eigenvalue weighted by Crippen LogP contribution is -2.44. The summed E-state index contributed by atoms with van der Waals surface area (Å²) < 4.78 is 51.0. The van der Waals surface area contributed by atoms with Crippen LogP contribution in [0.15, 0.2) is 41.8 Å². The van der Waals surface area contributed by atoms with E-state index in [2.05, 4.69) is 10.1 Å². The summed E-state index contributed by atoms with van der Waals surface area (Å²) in [5.74, 6) is -0.680. The number of halogens is 3. The number of ether oxygens (including phenoxy) is 2. The first-order valence-corrected chi connectivity index (χ1v) is 9.57. The molecule has 0 unspecified atom stereocenters. The highest BCUT2D eigenvalue weighted by atomic mass is 32.1. The smallest absolute Gasteiger partial charge is 0.416 e. The van der Waals surface area contributed by atoms with Crippen LogP contribution in [0.25, 0.3) is 16.4 Å². The fourth-order valence-electron chi connectivity index (χ4n) is 2.80. The third-order valence-electron chi connectivity index (χ3n) is 4.40. The molecule has 0 spiro atoms. The van der Waals surface area contributed by atoms with Gasteiger partial charge < -0.3 is 9.47 Å². The lowest BCUT2D eigenvalue weighted by molar-refractivity contribution is -0.137. The first-order chi connectivity index (χ1) is 13.8. The average molecular weight is 423 g/mol. The molecular formula is C19H16F3N3O3S. The molecule has 1 aliphatic rings. The molecule has 6 nitrogen and oxygen atoms in total. The van der Waals surface area contributed by atoms with Gasteiger partial charge in [0.2, 0.25) is 0 Å². The number of aromatic nitrogens is 3. The number of carbonyl (C=O) groups is 1. The van der Waals surface area contributed by atoms with Crippen molar-refractivity contribution in [3.63, 3.8) is 0 Å². The zero-order valence-electron chi connectivity index (χ0n) is 15.3. The summed E-state index contributed by atoms with van der Waals surface area (Å²) in [7, 11) is 0. The Kier molecular flexibility index (Phi) is 4.91. The van der Waals surface area contributed by atoms with Crippen molar-refractivity contribution < 1.29 is 27.4 Å². The molecule has 0 aliphatic carbocycles. The van der Waals surface area contributed by atoms with E-state index < -0.39 is 17.7 Å². The molecular weight excluding hydrogens is 407 g/mol. The Morgan fingerprint density at radius 1 is 1.31 bits per heavy atom. The first kappa shape index (κ1) is 19.6. The number of thiophene rings is 1. The highest BCUT2D eigenvalue weighted by Gasteiger charge is 2.36. The van der Waals surface area contributed by atoms with Gasteiger partial charge in [0.05, 0.1) is 29.3 Å². The van der Waals surface area contributed by atoms with Crippen molar-refractivity contribution in [2.75, 3.05) is 19.8 Å². The van der Waals surface area contributed by atoms with Crippen LogP contribution in [0.1, 0.15) is 23.1 Å². The molecule has 10 heteroatoms. The second kappa shape index (κ2) is 7.27. The molecule has 4 rings (SSSR count). The summed E-state index contributed by atoms with van der Waals surface area (Å²) in [5.41, 5.74) is -0.908. The van der Waals surface area contributed by atoms with Crippen LogP contribution in [0.3, 0.4) is 0 Å². The molecule has 0 amide bonds. The van der Waals surface area contributed by atoms with E-state index in [-0.39, 0.29) is 29.4 Å². The van der Waals surface area contributed by atoms with Gasteiger partial charge >= 0.3 is 12.1 Å². The molecule has 3 aromatic rings. The van der Waals surface area contributed by atoms with Gasteiger partial charge in [-0.2, -0.15) is 18.2 Å². The quantitative estimate of drug-likeness (QED) is 0.576. The Morgan fingerprint density at radius 3 is 2.72 bits per heavy atom. The number of hydrogen-bond acceptors (Lipinski definition) is 6. The van der Waals surface area contributed by atoms with E-state index in [4.69, 9.17) is 9.47 Å². The Bertz CT molecular complexity index is 1030. The van der Waals surface area contributed by atoms with Gasteiger partial charge in [-0.3, -0.25) is 0 Å². The number of esters is 1. The Hall–Kier alpha value is -2.72. The van der Waals surface area contributed by atoms with Gasteiger partial charge in [-0.15, -0.1) is 16.4 Å². The van der Waals surface area contributed by atoms with Crippen LogP contribution < -0.4 is 0 Å². The number of hydrogen-bond donors (Lipinski definition) is 0. The molecule has 1 aromatic carbocycles. The Balaban J connectivity index is 1.69. The van der Waals surface area contributed by atoms with E-state index in [1.165, 1.54) is 28.2 Å². The number of alkyl halides is 3. The summed E-state index contributed by atoms with van der Waals surface area (Å²) in [6.45, 7) is 3.06. The van der Waals surface area contributed by atoms with Gasteiger partial charge in [-0.05, 0) is 29.6 Å². The van der Waals surface area contributed by atoms with Gasteiger partial charge in [0.25, 0.3) is 5.82 Å². The maximum atomic E-state index is 13.1. The minimum Gasteiger partial charge on any atom is -0.459 e. The van der Waals surface area contributed by atoms with E-state index in [0.717, 1.165) is 12.1 Å². The first-order valence-electron chi connectivity index (χ1n) is 8.69. The van der Waals surface area contributed by atoms with Crippen LogP contribution in [0, 0.1) is 5.41 Å². The van der Waals surface area contributed by atoms with E-state index in [9.17, 15) is 18.0 Å². The fourth-order valence-corrected chi connectivity index (χ4v) is 3.49. The van der Waals surface area contributed by atoms with Crippen LogP contribution in [-0.2, 0) is 15.7 Å². The SMILES string of the molecule is CC1(COC(=O)c2nc(-c3cccs3)n(-c3cccc(C(F)(F)F)c3)n2)COC1. The molecule has 1 saturated heterocycles. The van der Waals surface area contributed by atoms with Crippen LogP contribution >= 0.6 is 11.3 Å². The number of benzene rings is 1. The van der Waals surface area contributed by atoms with Crippen LogP contribution in [-0.4, -0.2) is 40.6 Å². The molecule has 0 radical (unpaired) electrons. The van der Waals surface area contributed by atoms with E-state index in [0.29, 0.717) is 18.1 Å². The van der Waals surface area contributed by atoms with E-state index in [1.54, 1.807) is 17.5 Å². The summed E-state index contributed by atoms with van der Waals surface area (Å²) >= 11 is 1.34. The highest BCUT2D eigenvalue weighted by molar-refractivity contribution is 7.13. The zero-order chi connectivity index (χ0) is 20.6. The van der Waals surface area contributed by atoms with Crippen molar-refractivity contribution >= 4 is 17.3 Å². The van der Waals surface area contributed by atoms with Crippen molar-refractivity contribution in [3.8, 4) is 16.4 Å². The normalized spacial score (nSPS) is 15.7. The summed E-state index contributed by atoms with van der Waals surface area (Å²) in [6.07, 6.45) is -4.50. The minimum atomic E-state index is -4.50. The van der Waals surface area contributed by atoms with Gasteiger partial charge in [0.1, 0.15) is 6.61 Å². The van der Waals surface area contributed by atoms with Crippen molar-refractivity contribution in [2.24, 2.45) is 5.41 Å². The van der Waals surface area contributed by atoms with Crippen molar-refractivity contribution in [2.45, 2.75) is 13.1 Å². The van der Waals surface area contributed by atoms with Crippen molar-refractivity contribution in [1.82, 2.24) is 14.8 Å². The zero-order valence-corrected chi connectivity index (χ0v) is 16.1. The third kappa shape index (κ3) is 4.03. The molecule has 0 bridgehead atoms. The minimum absolute atomic E-state index is 0.147. The molecule has 0 saturated carbocycles. The summed E-state index contributed by atoms with van der Waals surface area (Å²) in [6, 6.07) is 8.23. The predicted molar refractivity (Wildman–Crippen MR) is 98.9 cm³/mol. The van der Waals surface area contributed by atoms with Gasteiger partial charge in [-0.25, -0.2) is 9.48 Å². The maximum Gasteiger partial charge on any atom is 0.416 e. The lowest BCUT2D eigenvalue weighted by Gasteiger charge is -2.36. The summed E-state index contributed by atoms with van der Waals surface area (Å²) in [4.78, 5) is 17.3. The number of carbonyl (C=O) groups excluding carboxylic acids is 1. The monoisotopic (exact) mass is 423 g/mol. The summed E-state index contributed by atoms with van der Waals surface area (Å²) in [5, 5.41) is 5.94. The third-order valence-corrected chi connectivity index (χ3v) is 5.27. The standard InChI is InChI=1S/C19H16F3N3O3S/c1-18(9-27-10-18)11-28-17(26)15-23-16(14-6-3-7-29-14)25(24-15)13-5-2-4-12(8-13)19(20,21)22/h2-8H,9-11H2,1H3. The van der Waals surface area contributed by atoms with Gasteiger partial charge in [-0.1, -0.05) is 19.1 Å². The second-order valence-electron chi connectivity index (χ2n) is 7.08. The Labute approximate surface area is 167 Å². The van der Waals surface area contributed by atoms with E-state index >= 15 is 0 Å². The van der Waals surface area contributed by atoms with E-state index in [1.807, 2.05) is 6.92 Å². The van der Waals surface area contributed by atoms with Crippen LogP contribution in [0.5, 0.6) is 0 Å². The molecule has 0 atom stereocenters. The largest absolute Gasteiger partial charge is 0.459 e. The number of nitrogens with zero attached hydrogens (tertiary/aromatic N) is 3. The fraction of sp³-hybridized carbons (Fsp3) is 0.316. The molecule has 1 aliphatic heterocycles. The molecule has 29 heavy (non-hydrogen) atoms. The molecule has 152 valence electrons. The number of rotatable bonds is 5. The van der Waals surface area contributed by atoms with Crippen molar-refractivity contribution in [1.29, 1.82) is 0 Å². The van der Waals surface area contributed by atoms with Crippen LogP contribution in [0.2, 0.25) is 0 Å². The van der Waals surface area contributed by atoms with Gasteiger partial charge in [0, 0.05) is 5.41 Å². The molecule has 2 aromatic heterocycles. The predicted octanol–water partition coefficient (Wildman–Crippen LogP) is 4.21. The van der Waals surface area contributed by atoms with Crippen molar-refractivity contribution in [3.05, 3.63) is 53.2 Å². The average Bonchev–Trinajstić information content (AvgIpc) is 3.33. The lowest BCUT2D eigenvalue weighted by atomic mass is 9.90. The highest BCUT2D eigenvalue weighted by Crippen LogP contribution is 2.32. The maximum absolute atomic E-state index is 13.1. The topological polar surface area (TPSA) is 66.2 Å². The molecule has 3 heterocycles. The molecule has 0 N–H and O–H groups in total. The molecule has 1 fully saturated rings. The van der Waals surface area contributed by atoms with Gasteiger partial charge in [0.15, 0.2) is 5.82 Å². The Morgan fingerprint density at radius 2 is 2.10 bits per heavy atom. The van der Waals surface area contributed by atoms with Crippen LogP contribution in [0.4, 0.5) is 13.2 Å². The second-order valence-corrected chi connectivity index (χ2v) is 8.02.